The number of rotatable bonds is 2. The molecule has 1 amide bonds. The van der Waals surface area contributed by atoms with Crippen LogP contribution in [0.25, 0.3) is 0 Å². The molecule has 2 aromatic rings. The van der Waals surface area contributed by atoms with Crippen LogP contribution < -0.4 is 0 Å². The van der Waals surface area contributed by atoms with E-state index in [4.69, 9.17) is 0 Å². The van der Waals surface area contributed by atoms with Gasteiger partial charge in [-0.05, 0) is 31.0 Å². The third-order valence-corrected chi connectivity index (χ3v) is 4.14. The summed E-state index contributed by atoms with van der Waals surface area (Å²) in [6.07, 6.45) is 2.57. The van der Waals surface area contributed by atoms with E-state index >= 15 is 0 Å². The first kappa shape index (κ1) is 13.8. The van der Waals surface area contributed by atoms with E-state index in [1.807, 2.05) is 31.0 Å². The summed E-state index contributed by atoms with van der Waals surface area (Å²) in [7, 11) is 1.83. The lowest BCUT2D eigenvalue weighted by Gasteiger charge is -2.17. The molecular formula is C16H18FN3O. The molecule has 0 N–H and O–H groups in total. The zero-order valence-corrected chi connectivity index (χ0v) is 12.2. The fourth-order valence-electron chi connectivity index (χ4n) is 2.95. The number of hydrogen-bond acceptors (Lipinski definition) is 2. The highest BCUT2D eigenvalue weighted by atomic mass is 19.1. The van der Waals surface area contributed by atoms with Gasteiger partial charge >= 0.3 is 0 Å². The lowest BCUT2D eigenvalue weighted by molar-refractivity contribution is 0.0780. The number of carbonyl (C=O) groups excluding carboxylic acids is 1. The van der Waals surface area contributed by atoms with Crippen LogP contribution in [0.5, 0.6) is 0 Å². The van der Waals surface area contributed by atoms with Crippen molar-refractivity contribution >= 4 is 5.91 Å². The number of carbonyl (C=O) groups is 1. The Balaban J connectivity index is 1.75. The number of nitrogens with zero attached hydrogens (tertiary/aromatic N) is 3. The normalized spacial score (nSPS) is 18.2. The summed E-state index contributed by atoms with van der Waals surface area (Å²) >= 11 is 0. The zero-order chi connectivity index (χ0) is 15.0. The van der Waals surface area contributed by atoms with E-state index in [1.54, 1.807) is 10.9 Å². The second-order valence-electron chi connectivity index (χ2n) is 5.58. The van der Waals surface area contributed by atoms with Crippen LogP contribution in [-0.2, 0) is 7.05 Å². The van der Waals surface area contributed by atoms with Gasteiger partial charge in [0, 0.05) is 26.1 Å². The molecule has 0 bridgehead atoms. The van der Waals surface area contributed by atoms with Gasteiger partial charge < -0.3 is 9.47 Å². The van der Waals surface area contributed by atoms with Crippen LogP contribution in [0.4, 0.5) is 4.39 Å². The fraction of sp³-hybridized carbons (Fsp3) is 0.375. The van der Waals surface area contributed by atoms with E-state index in [9.17, 15) is 9.18 Å². The van der Waals surface area contributed by atoms with Gasteiger partial charge in [-0.25, -0.2) is 9.37 Å². The van der Waals surface area contributed by atoms with Crippen LogP contribution in [0.15, 0.2) is 30.6 Å². The number of aromatic nitrogens is 2. The summed E-state index contributed by atoms with van der Waals surface area (Å²) in [6, 6.07) is 6.57. The van der Waals surface area contributed by atoms with Crippen molar-refractivity contribution < 1.29 is 9.18 Å². The van der Waals surface area contributed by atoms with Crippen molar-refractivity contribution in [1.82, 2.24) is 14.5 Å². The maximum atomic E-state index is 13.0. The number of likely N-dealkylation sites (tertiary alicyclic amines) is 1. The molecule has 1 fully saturated rings. The molecule has 1 aromatic heterocycles. The zero-order valence-electron chi connectivity index (χ0n) is 12.2. The number of hydrogen-bond donors (Lipinski definition) is 0. The molecule has 21 heavy (non-hydrogen) atoms. The molecule has 1 aliphatic rings. The quantitative estimate of drug-likeness (QED) is 0.851. The highest BCUT2D eigenvalue weighted by Crippen LogP contribution is 2.28. The summed E-state index contributed by atoms with van der Waals surface area (Å²) in [5.41, 5.74) is 2.50. The predicted molar refractivity (Wildman–Crippen MR) is 77.6 cm³/mol. The summed E-state index contributed by atoms with van der Waals surface area (Å²) < 4.78 is 14.7. The van der Waals surface area contributed by atoms with E-state index in [2.05, 4.69) is 4.98 Å². The second-order valence-corrected chi connectivity index (χ2v) is 5.58. The van der Waals surface area contributed by atoms with Gasteiger partial charge in [-0.15, -0.1) is 0 Å². The molecule has 5 heteroatoms. The van der Waals surface area contributed by atoms with E-state index < -0.39 is 0 Å². The average Bonchev–Trinajstić information content (AvgIpc) is 3.07. The summed E-state index contributed by atoms with van der Waals surface area (Å²) in [5, 5.41) is 0. The minimum Gasteiger partial charge on any atom is -0.337 e. The lowest BCUT2D eigenvalue weighted by atomic mass is 9.99. The van der Waals surface area contributed by atoms with Crippen LogP contribution in [0, 0.1) is 12.7 Å². The van der Waals surface area contributed by atoms with Crippen LogP contribution in [0.3, 0.4) is 0 Å². The van der Waals surface area contributed by atoms with Gasteiger partial charge in [0.25, 0.3) is 5.91 Å². The average molecular weight is 287 g/mol. The van der Waals surface area contributed by atoms with Crippen LogP contribution in [-0.4, -0.2) is 33.4 Å². The molecule has 0 saturated carbocycles. The van der Waals surface area contributed by atoms with Crippen molar-refractivity contribution in [3.63, 3.8) is 0 Å². The molecular weight excluding hydrogens is 269 g/mol. The molecule has 0 unspecified atom stereocenters. The minimum atomic E-state index is -0.227. The van der Waals surface area contributed by atoms with Crippen LogP contribution in [0.2, 0.25) is 0 Å². The molecule has 1 atom stereocenters. The van der Waals surface area contributed by atoms with Gasteiger partial charge in [-0.3, -0.25) is 4.79 Å². The van der Waals surface area contributed by atoms with Crippen molar-refractivity contribution in [3.05, 3.63) is 53.4 Å². The lowest BCUT2D eigenvalue weighted by Crippen LogP contribution is -2.30. The number of amides is 1. The SMILES string of the molecule is Cc1ncn(C)c1C(=O)N1CC[C@@H](c2ccc(F)cc2)C1. The monoisotopic (exact) mass is 287 g/mol. The van der Waals surface area contributed by atoms with E-state index in [0.717, 1.165) is 24.2 Å². The third kappa shape index (κ3) is 2.55. The van der Waals surface area contributed by atoms with Gasteiger partial charge in [-0.2, -0.15) is 0 Å². The maximum absolute atomic E-state index is 13.0. The molecule has 2 heterocycles. The Kier molecular flexibility index (Phi) is 3.49. The number of aryl methyl sites for hydroxylation is 2. The first-order valence-corrected chi connectivity index (χ1v) is 7.09. The molecule has 0 radical (unpaired) electrons. The Hall–Kier alpha value is -2.17. The van der Waals surface area contributed by atoms with Gasteiger partial charge in [-0.1, -0.05) is 12.1 Å². The predicted octanol–water partition coefficient (Wildman–Crippen LogP) is 2.50. The molecule has 110 valence electrons. The Morgan fingerprint density at radius 2 is 2.05 bits per heavy atom. The van der Waals surface area contributed by atoms with Gasteiger partial charge in [0.1, 0.15) is 11.5 Å². The summed E-state index contributed by atoms with van der Waals surface area (Å²) in [4.78, 5) is 18.6. The van der Waals surface area contributed by atoms with Crippen molar-refractivity contribution in [2.75, 3.05) is 13.1 Å². The Morgan fingerprint density at radius 1 is 1.33 bits per heavy atom. The minimum absolute atomic E-state index is 0.0251. The highest BCUT2D eigenvalue weighted by molar-refractivity contribution is 5.93. The Morgan fingerprint density at radius 3 is 2.67 bits per heavy atom. The van der Waals surface area contributed by atoms with Crippen molar-refractivity contribution in [3.8, 4) is 0 Å². The third-order valence-electron chi connectivity index (χ3n) is 4.14. The molecule has 1 aromatic carbocycles. The molecule has 1 saturated heterocycles. The first-order chi connectivity index (χ1) is 10.1. The molecule has 4 nitrogen and oxygen atoms in total. The van der Waals surface area contributed by atoms with Crippen LogP contribution >= 0.6 is 0 Å². The van der Waals surface area contributed by atoms with E-state index in [-0.39, 0.29) is 17.6 Å². The fourth-order valence-corrected chi connectivity index (χ4v) is 2.95. The van der Waals surface area contributed by atoms with Crippen molar-refractivity contribution in [2.45, 2.75) is 19.3 Å². The van der Waals surface area contributed by atoms with Crippen molar-refractivity contribution in [1.29, 1.82) is 0 Å². The second kappa shape index (κ2) is 5.31. The molecule has 1 aliphatic heterocycles. The standard InChI is InChI=1S/C16H18FN3O/c1-11-15(19(2)10-18-11)16(21)20-8-7-13(9-20)12-3-5-14(17)6-4-12/h3-6,10,13H,7-9H2,1-2H3/t13-/m1/s1. The van der Waals surface area contributed by atoms with Crippen LogP contribution in [0.1, 0.15) is 34.1 Å². The van der Waals surface area contributed by atoms with Gasteiger partial charge in [0.15, 0.2) is 0 Å². The van der Waals surface area contributed by atoms with Gasteiger partial charge in [0.2, 0.25) is 0 Å². The summed E-state index contributed by atoms with van der Waals surface area (Å²) in [5.74, 6) is 0.0791. The van der Waals surface area contributed by atoms with E-state index in [0.29, 0.717) is 12.2 Å². The highest BCUT2D eigenvalue weighted by Gasteiger charge is 2.30. The topological polar surface area (TPSA) is 38.1 Å². The molecule has 0 spiro atoms. The van der Waals surface area contributed by atoms with Gasteiger partial charge in [0.05, 0.1) is 12.0 Å². The smallest absolute Gasteiger partial charge is 0.272 e. The first-order valence-electron chi connectivity index (χ1n) is 7.09. The number of imidazole rings is 1. The largest absolute Gasteiger partial charge is 0.337 e. The summed E-state index contributed by atoms with van der Waals surface area (Å²) in [6.45, 7) is 3.25. The Bertz CT molecular complexity index is 643. The number of halogens is 1. The number of benzene rings is 1. The van der Waals surface area contributed by atoms with Crippen molar-refractivity contribution in [2.24, 2.45) is 7.05 Å². The molecule has 0 aliphatic carbocycles. The molecule has 3 rings (SSSR count). The van der Waals surface area contributed by atoms with E-state index in [1.165, 1.54) is 12.1 Å². The Labute approximate surface area is 123 Å². The maximum Gasteiger partial charge on any atom is 0.272 e.